The van der Waals surface area contributed by atoms with E-state index in [9.17, 15) is 29.9 Å². The summed E-state index contributed by atoms with van der Waals surface area (Å²) in [6.07, 6.45) is 6.84. The highest BCUT2D eigenvalue weighted by molar-refractivity contribution is 5.76. The van der Waals surface area contributed by atoms with Gasteiger partial charge in [0, 0.05) is 5.92 Å². The highest BCUT2D eigenvalue weighted by Crippen LogP contribution is 2.45. The molecule has 0 aliphatic heterocycles. The molecule has 2 aliphatic rings. The van der Waals surface area contributed by atoms with Gasteiger partial charge >= 0.3 is 11.9 Å². The monoisotopic (exact) mass is 569 g/mol. The van der Waals surface area contributed by atoms with Gasteiger partial charge in [0.15, 0.2) is 0 Å². The van der Waals surface area contributed by atoms with Gasteiger partial charge in [-0.15, -0.1) is 10.1 Å². The van der Waals surface area contributed by atoms with Gasteiger partial charge in [-0.25, -0.2) is 0 Å². The van der Waals surface area contributed by atoms with Crippen LogP contribution in [0, 0.1) is 39.2 Å². The molecular weight excluding hydrogens is 522 g/mol. The molecule has 0 bridgehead atoms. The Morgan fingerprint density at radius 2 is 1.85 bits per heavy atom. The van der Waals surface area contributed by atoms with E-state index in [-0.39, 0.29) is 69.1 Å². The van der Waals surface area contributed by atoms with E-state index in [0.29, 0.717) is 25.2 Å². The molecule has 228 valence electrons. The van der Waals surface area contributed by atoms with Crippen molar-refractivity contribution >= 4 is 11.9 Å². The molecule has 0 amide bonds. The summed E-state index contributed by atoms with van der Waals surface area (Å²) < 4.78 is 16.2. The molecule has 2 aliphatic carbocycles. The zero-order valence-corrected chi connectivity index (χ0v) is 24.5. The molecule has 0 aromatic rings. The predicted octanol–water partition coefficient (Wildman–Crippen LogP) is 3.79. The first-order valence-corrected chi connectivity index (χ1v) is 14.3. The number of hydrogen-bond donors (Lipinski definition) is 2. The fourth-order valence-corrected chi connectivity index (χ4v) is 5.30. The van der Waals surface area contributed by atoms with Crippen LogP contribution < -0.4 is 0 Å². The summed E-state index contributed by atoms with van der Waals surface area (Å²) in [4.78, 5) is 39.1. The fourth-order valence-electron chi connectivity index (χ4n) is 5.30. The summed E-state index contributed by atoms with van der Waals surface area (Å²) in [5, 5.41) is 30.1. The van der Waals surface area contributed by atoms with E-state index in [0.717, 1.165) is 6.42 Å². The van der Waals surface area contributed by atoms with E-state index in [4.69, 9.17) is 14.2 Å². The van der Waals surface area contributed by atoms with E-state index >= 15 is 0 Å². The molecule has 2 rings (SSSR count). The number of hydrogen-bond acceptors (Lipinski definition) is 10. The molecule has 0 fully saturated rings. The zero-order valence-electron chi connectivity index (χ0n) is 24.5. The number of allylic oxidation sites excluding steroid dienone is 3. The molecule has 0 aromatic heterocycles. The van der Waals surface area contributed by atoms with E-state index in [1.54, 1.807) is 0 Å². The van der Waals surface area contributed by atoms with Crippen molar-refractivity contribution in [2.75, 3.05) is 26.4 Å². The molecule has 0 aromatic carbocycles. The number of esters is 2. The van der Waals surface area contributed by atoms with Crippen LogP contribution in [-0.2, 0) is 28.6 Å². The smallest absolute Gasteiger partial charge is 0.311 e. The Morgan fingerprint density at radius 3 is 2.52 bits per heavy atom. The lowest BCUT2D eigenvalue weighted by Crippen LogP contribution is -2.43. The van der Waals surface area contributed by atoms with Gasteiger partial charge < -0.3 is 29.3 Å². The first-order valence-electron chi connectivity index (χ1n) is 14.3. The van der Waals surface area contributed by atoms with Gasteiger partial charge in [0.2, 0.25) is 0 Å². The molecule has 0 saturated carbocycles. The quantitative estimate of drug-likeness (QED) is 0.114. The third kappa shape index (κ3) is 10.8. The predicted molar refractivity (Wildman–Crippen MR) is 146 cm³/mol. The maximum absolute atomic E-state index is 13.0. The van der Waals surface area contributed by atoms with Crippen molar-refractivity contribution in [3.63, 3.8) is 0 Å². The van der Waals surface area contributed by atoms with Crippen LogP contribution in [0.4, 0.5) is 0 Å². The molecular formula is C29H47NO10. The Bertz CT molecular complexity index is 901. The Hall–Kier alpha value is -2.50. The van der Waals surface area contributed by atoms with Gasteiger partial charge in [-0.3, -0.25) is 9.59 Å². The van der Waals surface area contributed by atoms with Crippen molar-refractivity contribution in [2.45, 2.75) is 91.5 Å². The number of carbonyl (C=O) groups is 2. The SMILES string of the molecule is CCC(C)(C)C(=O)O[C@H]1C[C@@H](C)C=C2C=C[C@H](C)[C@H](CC[C@@H](O)C[C@@H](O)CC(=O)OCCOCCO[N+](=O)[O-])[C@H]21. The average molecular weight is 570 g/mol. The normalized spacial score (nSPS) is 25.8. The zero-order chi connectivity index (χ0) is 29.9. The molecule has 2 N–H and O–H groups in total. The van der Waals surface area contributed by atoms with Crippen molar-refractivity contribution in [1.29, 1.82) is 0 Å². The molecule has 0 saturated heterocycles. The van der Waals surface area contributed by atoms with Gasteiger partial charge in [0.25, 0.3) is 5.09 Å². The van der Waals surface area contributed by atoms with Crippen molar-refractivity contribution in [3.05, 3.63) is 33.9 Å². The van der Waals surface area contributed by atoms with E-state index in [1.807, 2.05) is 20.8 Å². The Labute approximate surface area is 237 Å². The van der Waals surface area contributed by atoms with Crippen molar-refractivity contribution in [3.8, 4) is 0 Å². The first-order chi connectivity index (χ1) is 18.8. The Kier molecular flexibility index (Phi) is 13.5. The van der Waals surface area contributed by atoms with E-state index in [2.05, 4.69) is 36.9 Å². The summed E-state index contributed by atoms with van der Waals surface area (Å²) >= 11 is 0. The largest absolute Gasteiger partial charge is 0.463 e. The van der Waals surface area contributed by atoms with Crippen LogP contribution in [0.2, 0.25) is 0 Å². The van der Waals surface area contributed by atoms with E-state index in [1.165, 1.54) is 5.57 Å². The van der Waals surface area contributed by atoms with Gasteiger partial charge in [-0.05, 0) is 69.3 Å². The summed E-state index contributed by atoms with van der Waals surface area (Å²) in [6, 6.07) is 0. The fraction of sp³-hybridized carbons (Fsp3) is 0.793. The summed E-state index contributed by atoms with van der Waals surface area (Å²) in [5.74, 6) is -0.0629. The molecule has 0 spiro atoms. The number of rotatable bonds is 17. The minimum absolute atomic E-state index is 0.0141. The van der Waals surface area contributed by atoms with E-state index < -0.39 is 28.7 Å². The average Bonchev–Trinajstić information content (AvgIpc) is 2.87. The lowest BCUT2D eigenvalue weighted by atomic mass is 9.65. The lowest BCUT2D eigenvalue weighted by Gasteiger charge is -2.44. The van der Waals surface area contributed by atoms with Crippen LogP contribution >= 0.6 is 0 Å². The van der Waals surface area contributed by atoms with Crippen LogP contribution in [0.1, 0.15) is 73.1 Å². The Balaban J connectivity index is 1.84. The second-order valence-electron chi connectivity index (χ2n) is 11.7. The molecule has 7 atom stereocenters. The number of fused-ring (bicyclic) bond motifs is 1. The molecule has 0 heterocycles. The summed E-state index contributed by atoms with van der Waals surface area (Å²) in [7, 11) is 0. The molecule has 0 unspecified atom stereocenters. The number of aliphatic hydroxyl groups excluding tert-OH is 2. The van der Waals surface area contributed by atoms with Crippen molar-refractivity contribution in [1.82, 2.24) is 0 Å². The number of ether oxygens (including phenoxy) is 3. The topological polar surface area (TPSA) is 155 Å². The number of nitrogens with zero attached hydrogens (tertiary/aromatic N) is 1. The number of aliphatic hydroxyl groups is 2. The van der Waals surface area contributed by atoms with Crippen LogP contribution in [0.3, 0.4) is 0 Å². The molecule has 11 heteroatoms. The maximum atomic E-state index is 13.0. The molecule has 40 heavy (non-hydrogen) atoms. The highest BCUT2D eigenvalue weighted by Gasteiger charge is 2.42. The van der Waals surface area contributed by atoms with Gasteiger partial charge in [-0.1, -0.05) is 39.0 Å². The van der Waals surface area contributed by atoms with Crippen molar-refractivity contribution < 1.29 is 43.9 Å². The molecule has 0 radical (unpaired) electrons. The minimum Gasteiger partial charge on any atom is -0.463 e. The van der Waals surface area contributed by atoms with Gasteiger partial charge in [0.1, 0.15) is 19.3 Å². The standard InChI is InChI=1S/C29H47NO10/c1-6-29(4,5)28(34)40-25-16-19(2)15-21-8-7-20(3)24(27(21)25)10-9-22(31)17-23(32)18-26(33)38-13-11-37-12-14-39-30(35)36/h7-8,15,19-20,22-25,27,31-32H,6,9-14,16-18H2,1-5H3/t19-,20-,22+,23+,24-,25-,27-/m0/s1. The summed E-state index contributed by atoms with van der Waals surface area (Å²) in [6.45, 7) is 9.82. The van der Waals surface area contributed by atoms with Crippen molar-refractivity contribution in [2.24, 2.45) is 29.1 Å². The third-order valence-corrected chi connectivity index (χ3v) is 7.98. The minimum atomic E-state index is -1.06. The van der Waals surface area contributed by atoms with Crippen LogP contribution in [0.15, 0.2) is 23.8 Å². The first kappa shape index (κ1) is 33.7. The highest BCUT2D eigenvalue weighted by atomic mass is 17.0. The second-order valence-corrected chi connectivity index (χ2v) is 11.7. The van der Waals surface area contributed by atoms with Crippen LogP contribution in [0.5, 0.6) is 0 Å². The lowest BCUT2D eigenvalue weighted by molar-refractivity contribution is -0.758. The second kappa shape index (κ2) is 16.1. The summed E-state index contributed by atoms with van der Waals surface area (Å²) in [5.41, 5.74) is 0.630. The van der Waals surface area contributed by atoms with Crippen LogP contribution in [-0.4, -0.2) is 72.0 Å². The Morgan fingerprint density at radius 1 is 1.15 bits per heavy atom. The molecule has 11 nitrogen and oxygen atoms in total. The van der Waals surface area contributed by atoms with Crippen LogP contribution in [0.25, 0.3) is 0 Å². The third-order valence-electron chi connectivity index (χ3n) is 7.98. The van der Waals surface area contributed by atoms with Gasteiger partial charge in [-0.2, -0.15) is 0 Å². The van der Waals surface area contributed by atoms with Gasteiger partial charge in [0.05, 0.1) is 37.3 Å². The maximum Gasteiger partial charge on any atom is 0.311 e. The number of carbonyl (C=O) groups excluding carboxylic acids is 2.